The number of nitrogens with one attached hydrogen (secondary N) is 1. The zero-order valence-corrected chi connectivity index (χ0v) is 11.1. The van der Waals surface area contributed by atoms with Gasteiger partial charge in [0.15, 0.2) is 0 Å². The first-order valence-corrected chi connectivity index (χ1v) is 6.17. The number of carbonyl (C=O) groups is 1. The summed E-state index contributed by atoms with van der Waals surface area (Å²) in [7, 11) is 0. The molecule has 0 amide bonds. The van der Waals surface area contributed by atoms with Crippen molar-refractivity contribution in [1.82, 2.24) is 0 Å². The summed E-state index contributed by atoms with van der Waals surface area (Å²) in [5.74, 6) is -0.938. The predicted molar refractivity (Wildman–Crippen MR) is 76.6 cm³/mol. The van der Waals surface area contributed by atoms with E-state index in [0.717, 1.165) is 16.8 Å². The van der Waals surface area contributed by atoms with E-state index in [0.29, 0.717) is 12.1 Å². The van der Waals surface area contributed by atoms with Crippen LogP contribution < -0.4 is 5.32 Å². The van der Waals surface area contributed by atoms with Crippen molar-refractivity contribution in [2.45, 2.75) is 13.5 Å². The van der Waals surface area contributed by atoms with Gasteiger partial charge in [0, 0.05) is 12.2 Å². The van der Waals surface area contributed by atoms with Gasteiger partial charge in [-0.2, -0.15) is 5.26 Å². The molecule has 2 aromatic rings. The normalized spacial score (nSPS) is 9.80. The summed E-state index contributed by atoms with van der Waals surface area (Å²) in [4.78, 5) is 11.0. The molecule has 2 N–H and O–H groups in total. The van der Waals surface area contributed by atoms with Crippen LogP contribution in [-0.4, -0.2) is 11.1 Å². The van der Waals surface area contributed by atoms with Gasteiger partial charge in [-0.25, -0.2) is 4.79 Å². The van der Waals surface area contributed by atoms with Gasteiger partial charge in [0.2, 0.25) is 0 Å². The van der Waals surface area contributed by atoms with Crippen molar-refractivity contribution in [2.24, 2.45) is 0 Å². The van der Waals surface area contributed by atoms with Crippen molar-refractivity contribution in [2.75, 3.05) is 5.32 Å². The molecule has 0 saturated heterocycles. The molecule has 0 radical (unpaired) electrons. The molecule has 0 atom stereocenters. The summed E-state index contributed by atoms with van der Waals surface area (Å²) in [5.41, 5.74) is 3.71. The SMILES string of the molecule is Cc1ccc(C(=O)O)cc1NCc1ccc(C#N)cc1. The fourth-order valence-corrected chi connectivity index (χ4v) is 1.84. The highest BCUT2D eigenvalue weighted by atomic mass is 16.4. The molecule has 0 aliphatic heterocycles. The number of nitrogens with zero attached hydrogens (tertiary/aromatic N) is 1. The molecule has 0 aliphatic carbocycles. The molecule has 0 saturated carbocycles. The Hall–Kier alpha value is -2.80. The number of hydrogen-bond acceptors (Lipinski definition) is 3. The van der Waals surface area contributed by atoms with E-state index >= 15 is 0 Å². The lowest BCUT2D eigenvalue weighted by molar-refractivity contribution is 0.0697. The van der Waals surface area contributed by atoms with E-state index < -0.39 is 5.97 Å². The minimum absolute atomic E-state index is 0.262. The van der Waals surface area contributed by atoms with Crippen molar-refractivity contribution < 1.29 is 9.90 Å². The summed E-state index contributed by atoms with van der Waals surface area (Å²) in [6, 6.07) is 14.3. The lowest BCUT2D eigenvalue weighted by Crippen LogP contribution is -2.03. The molecule has 4 heteroatoms. The molecule has 0 unspecified atom stereocenters. The van der Waals surface area contributed by atoms with Gasteiger partial charge < -0.3 is 10.4 Å². The van der Waals surface area contributed by atoms with Crippen LogP contribution in [0.2, 0.25) is 0 Å². The summed E-state index contributed by atoms with van der Waals surface area (Å²) >= 11 is 0. The Morgan fingerprint density at radius 3 is 2.55 bits per heavy atom. The average molecular weight is 266 g/mol. The van der Waals surface area contributed by atoms with Crippen LogP contribution >= 0.6 is 0 Å². The van der Waals surface area contributed by atoms with Gasteiger partial charge in [0.1, 0.15) is 0 Å². The molecular formula is C16H14N2O2. The molecule has 0 heterocycles. The third-order valence-electron chi connectivity index (χ3n) is 3.05. The van der Waals surface area contributed by atoms with E-state index in [2.05, 4.69) is 11.4 Å². The minimum atomic E-state index is -0.938. The highest BCUT2D eigenvalue weighted by Gasteiger charge is 2.06. The molecule has 0 aromatic heterocycles. The Kier molecular flexibility index (Phi) is 4.02. The van der Waals surface area contributed by atoms with Crippen LogP contribution in [0.25, 0.3) is 0 Å². The quantitative estimate of drug-likeness (QED) is 0.891. The van der Waals surface area contributed by atoms with E-state index in [-0.39, 0.29) is 5.56 Å². The second-order valence-electron chi connectivity index (χ2n) is 4.50. The first-order valence-electron chi connectivity index (χ1n) is 6.17. The van der Waals surface area contributed by atoms with Crippen molar-refractivity contribution in [3.05, 3.63) is 64.7 Å². The summed E-state index contributed by atoms with van der Waals surface area (Å²) in [6.07, 6.45) is 0. The lowest BCUT2D eigenvalue weighted by Gasteiger charge is -2.10. The molecule has 0 spiro atoms. The first-order chi connectivity index (χ1) is 9.60. The molecule has 100 valence electrons. The summed E-state index contributed by atoms with van der Waals surface area (Å²) in [5, 5.41) is 20.9. The number of carboxylic acid groups (broad SMARTS) is 1. The zero-order chi connectivity index (χ0) is 14.5. The van der Waals surface area contributed by atoms with Crippen LogP contribution in [0.5, 0.6) is 0 Å². The number of nitriles is 1. The van der Waals surface area contributed by atoms with Crippen molar-refractivity contribution >= 4 is 11.7 Å². The molecule has 2 aromatic carbocycles. The monoisotopic (exact) mass is 266 g/mol. The number of hydrogen-bond donors (Lipinski definition) is 2. The van der Waals surface area contributed by atoms with Gasteiger partial charge in [-0.1, -0.05) is 18.2 Å². The molecule has 4 nitrogen and oxygen atoms in total. The number of aromatic carboxylic acids is 1. The Morgan fingerprint density at radius 1 is 1.25 bits per heavy atom. The van der Waals surface area contributed by atoms with E-state index in [1.165, 1.54) is 0 Å². The first kappa shape index (κ1) is 13.6. The Labute approximate surface area is 117 Å². The topological polar surface area (TPSA) is 73.1 Å². The van der Waals surface area contributed by atoms with Gasteiger partial charge in [0.05, 0.1) is 17.2 Å². The maximum absolute atomic E-state index is 11.0. The van der Waals surface area contributed by atoms with Crippen LogP contribution in [0.1, 0.15) is 27.0 Å². The van der Waals surface area contributed by atoms with Gasteiger partial charge in [0.25, 0.3) is 0 Å². The van der Waals surface area contributed by atoms with Gasteiger partial charge in [-0.15, -0.1) is 0 Å². The Balaban J connectivity index is 2.12. The van der Waals surface area contributed by atoms with Crippen LogP contribution in [0.3, 0.4) is 0 Å². The van der Waals surface area contributed by atoms with Crippen molar-refractivity contribution in [3.8, 4) is 6.07 Å². The number of aryl methyl sites for hydroxylation is 1. The Bertz CT molecular complexity index is 670. The fraction of sp³-hybridized carbons (Fsp3) is 0.125. The highest BCUT2D eigenvalue weighted by molar-refractivity contribution is 5.89. The van der Waals surface area contributed by atoms with Crippen LogP contribution in [0, 0.1) is 18.3 Å². The van der Waals surface area contributed by atoms with Crippen LogP contribution in [0.15, 0.2) is 42.5 Å². The van der Waals surface area contributed by atoms with Crippen LogP contribution in [-0.2, 0) is 6.54 Å². The number of benzene rings is 2. The molecule has 0 bridgehead atoms. The lowest BCUT2D eigenvalue weighted by atomic mass is 10.1. The standard InChI is InChI=1S/C16H14N2O2/c1-11-2-7-14(16(19)20)8-15(11)18-10-13-5-3-12(9-17)4-6-13/h2-8,18H,10H2,1H3,(H,19,20). The maximum atomic E-state index is 11.0. The van der Waals surface area contributed by atoms with E-state index in [4.69, 9.17) is 10.4 Å². The van der Waals surface area contributed by atoms with E-state index in [1.54, 1.807) is 30.3 Å². The van der Waals surface area contributed by atoms with Crippen molar-refractivity contribution in [3.63, 3.8) is 0 Å². The van der Waals surface area contributed by atoms with Crippen LogP contribution in [0.4, 0.5) is 5.69 Å². The molecular weight excluding hydrogens is 252 g/mol. The third kappa shape index (κ3) is 3.15. The second-order valence-corrected chi connectivity index (χ2v) is 4.50. The fourth-order valence-electron chi connectivity index (χ4n) is 1.84. The Morgan fingerprint density at radius 2 is 1.95 bits per heavy atom. The highest BCUT2D eigenvalue weighted by Crippen LogP contribution is 2.18. The molecule has 2 rings (SSSR count). The number of anilines is 1. The maximum Gasteiger partial charge on any atom is 0.335 e. The summed E-state index contributed by atoms with van der Waals surface area (Å²) in [6.45, 7) is 2.50. The molecule has 0 aliphatic rings. The second kappa shape index (κ2) is 5.89. The number of rotatable bonds is 4. The van der Waals surface area contributed by atoms with Gasteiger partial charge in [-0.05, 0) is 42.3 Å². The smallest absolute Gasteiger partial charge is 0.335 e. The molecule has 20 heavy (non-hydrogen) atoms. The third-order valence-corrected chi connectivity index (χ3v) is 3.05. The largest absolute Gasteiger partial charge is 0.478 e. The van der Waals surface area contributed by atoms with E-state index in [9.17, 15) is 4.79 Å². The summed E-state index contributed by atoms with van der Waals surface area (Å²) < 4.78 is 0. The zero-order valence-electron chi connectivity index (χ0n) is 11.1. The molecule has 0 fully saturated rings. The van der Waals surface area contributed by atoms with Gasteiger partial charge in [-0.3, -0.25) is 0 Å². The minimum Gasteiger partial charge on any atom is -0.478 e. The predicted octanol–water partition coefficient (Wildman–Crippen LogP) is 3.18. The number of carboxylic acids is 1. The van der Waals surface area contributed by atoms with Crippen molar-refractivity contribution in [1.29, 1.82) is 5.26 Å². The van der Waals surface area contributed by atoms with E-state index in [1.807, 2.05) is 19.1 Å². The average Bonchev–Trinajstić information content (AvgIpc) is 2.46. The van der Waals surface area contributed by atoms with Gasteiger partial charge >= 0.3 is 5.97 Å².